The number of halogens is 2. The number of aryl methyl sites for hydroxylation is 1. The standard InChI is InChI=1S/C19H22F2N2O3/c1-11(2)26-17(25)18(9-19(20,21)10-18)16(24)22-8-13-4-5-15-14(7-13)6-12(3)23-15/h4-7,11,23H,8-10H2,1-3H3,(H,22,24). The van der Waals surface area contributed by atoms with Crippen molar-refractivity contribution in [3.8, 4) is 0 Å². The Balaban J connectivity index is 1.72. The molecule has 1 amide bonds. The Morgan fingerprint density at radius 1 is 1.27 bits per heavy atom. The maximum absolute atomic E-state index is 13.4. The number of benzene rings is 1. The van der Waals surface area contributed by atoms with Crippen LogP contribution in [0, 0.1) is 12.3 Å². The molecule has 1 saturated carbocycles. The zero-order valence-electron chi connectivity index (χ0n) is 15.0. The number of alkyl halides is 2. The third kappa shape index (κ3) is 3.43. The molecule has 0 unspecified atom stereocenters. The molecular weight excluding hydrogens is 342 g/mol. The van der Waals surface area contributed by atoms with E-state index in [1.54, 1.807) is 13.8 Å². The van der Waals surface area contributed by atoms with Crippen LogP contribution in [-0.2, 0) is 20.9 Å². The van der Waals surface area contributed by atoms with Gasteiger partial charge in [0.2, 0.25) is 5.91 Å². The number of carbonyl (C=O) groups excluding carboxylic acids is 2. The number of hydrogen-bond donors (Lipinski definition) is 2. The van der Waals surface area contributed by atoms with Gasteiger partial charge in [0, 0.05) is 30.6 Å². The minimum Gasteiger partial charge on any atom is -0.462 e. The Kier molecular flexibility index (Phi) is 4.50. The second-order valence-corrected chi connectivity index (χ2v) is 7.30. The summed E-state index contributed by atoms with van der Waals surface area (Å²) in [5.74, 6) is -4.61. The number of H-pyrrole nitrogens is 1. The van der Waals surface area contributed by atoms with Gasteiger partial charge < -0.3 is 15.0 Å². The van der Waals surface area contributed by atoms with Crippen LogP contribution in [0.3, 0.4) is 0 Å². The van der Waals surface area contributed by atoms with Crippen molar-refractivity contribution in [2.24, 2.45) is 5.41 Å². The first-order valence-electron chi connectivity index (χ1n) is 8.57. The highest BCUT2D eigenvalue weighted by atomic mass is 19.3. The summed E-state index contributed by atoms with van der Waals surface area (Å²) in [5.41, 5.74) is 1.02. The number of aromatic nitrogens is 1. The second-order valence-electron chi connectivity index (χ2n) is 7.30. The zero-order chi connectivity index (χ0) is 19.1. The molecule has 1 aliphatic rings. The molecule has 140 valence electrons. The van der Waals surface area contributed by atoms with Crippen LogP contribution in [0.15, 0.2) is 24.3 Å². The third-order valence-corrected chi connectivity index (χ3v) is 4.56. The molecule has 0 spiro atoms. The molecule has 1 aromatic carbocycles. The summed E-state index contributed by atoms with van der Waals surface area (Å²) in [5, 5.41) is 3.62. The highest BCUT2D eigenvalue weighted by Crippen LogP contribution is 2.53. The van der Waals surface area contributed by atoms with E-state index in [1.807, 2.05) is 31.2 Å². The molecule has 0 saturated heterocycles. The first-order chi connectivity index (χ1) is 12.1. The van der Waals surface area contributed by atoms with Crippen molar-refractivity contribution in [3.05, 3.63) is 35.5 Å². The van der Waals surface area contributed by atoms with E-state index in [9.17, 15) is 18.4 Å². The normalized spacial score (nSPS) is 17.8. The molecule has 1 aromatic heterocycles. The summed E-state index contributed by atoms with van der Waals surface area (Å²) < 4.78 is 31.9. The molecule has 0 bridgehead atoms. The van der Waals surface area contributed by atoms with Crippen molar-refractivity contribution in [2.45, 2.75) is 52.2 Å². The number of nitrogens with one attached hydrogen (secondary N) is 2. The monoisotopic (exact) mass is 364 g/mol. The zero-order valence-corrected chi connectivity index (χ0v) is 15.0. The molecule has 0 atom stereocenters. The number of esters is 1. The predicted octanol–water partition coefficient (Wildman–Crippen LogP) is 3.46. The SMILES string of the molecule is Cc1cc2cc(CNC(=O)C3(C(=O)OC(C)C)CC(F)(F)C3)ccc2[nH]1. The van der Waals surface area contributed by atoms with Crippen molar-refractivity contribution >= 4 is 22.8 Å². The van der Waals surface area contributed by atoms with Gasteiger partial charge in [-0.05, 0) is 49.9 Å². The first-order valence-corrected chi connectivity index (χ1v) is 8.57. The van der Waals surface area contributed by atoms with Crippen molar-refractivity contribution in [2.75, 3.05) is 0 Å². The molecule has 3 rings (SSSR count). The summed E-state index contributed by atoms with van der Waals surface area (Å²) in [6.07, 6.45) is -2.10. The molecule has 0 radical (unpaired) electrons. The maximum atomic E-state index is 13.4. The average Bonchev–Trinajstić information content (AvgIpc) is 2.88. The summed E-state index contributed by atoms with van der Waals surface area (Å²) in [6.45, 7) is 5.34. The first kappa shape index (κ1) is 18.4. The quantitative estimate of drug-likeness (QED) is 0.630. The Morgan fingerprint density at radius 3 is 2.58 bits per heavy atom. The topological polar surface area (TPSA) is 71.2 Å². The molecule has 2 aromatic rings. The van der Waals surface area contributed by atoms with Crippen LogP contribution in [0.2, 0.25) is 0 Å². The molecule has 1 fully saturated rings. The number of rotatable bonds is 5. The summed E-state index contributed by atoms with van der Waals surface area (Å²) in [7, 11) is 0. The fourth-order valence-corrected chi connectivity index (χ4v) is 3.34. The van der Waals surface area contributed by atoms with E-state index < -0.39 is 42.2 Å². The van der Waals surface area contributed by atoms with E-state index in [0.29, 0.717) is 0 Å². The maximum Gasteiger partial charge on any atom is 0.322 e. The van der Waals surface area contributed by atoms with E-state index in [2.05, 4.69) is 10.3 Å². The van der Waals surface area contributed by atoms with Crippen molar-refractivity contribution in [1.82, 2.24) is 10.3 Å². The Labute approximate surface area is 150 Å². The Bertz CT molecular complexity index is 850. The minimum absolute atomic E-state index is 0.154. The third-order valence-electron chi connectivity index (χ3n) is 4.56. The lowest BCUT2D eigenvalue weighted by Crippen LogP contribution is -2.60. The minimum atomic E-state index is -3.02. The van der Waals surface area contributed by atoms with E-state index >= 15 is 0 Å². The van der Waals surface area contributed by atoms with Gasteiger partial charge in [-0.2, -0.15) is 0 Å². The van der Waals surface area contributed by atoms with Gasteiger partial charge in [-0.25, -0.2) is 8.78 Å². The highest BCUT2D eigenvalue weighted by molar-refractivity contribution is 6.04. The lowest BCUT2D eigenvalue weighted by Gasteiger charge is -2.43. The van der Waals surface area contributed by atoms with Gasteiger partial charge in [-0.15, -0.1) is 0 Å². The summed E-state index contributed by atoms with van der Waals surface area (Å²) >= 11 is 0. The van der Waals surface area contributed by atoms with Gasteiger partial charge in [-0.1, -0.05) is 6.07 Å². The molecule has 2 N–H and O–H groups in total. The number of ether oxygens (including phenoxy) is 1. The number of aromatic amines is 1. The van der Waals surface area contributed by atoms with Crippen LogP contribution in [0.1, 0.15) is 37.9 Å². The van der Waals surface area contributed by atoms with Gasteiger partial charge in [0.1, 0.15) is 0 Å². The lowest BCUT2D eigenvalue weighted by molar-refractivity contribution is -0.203. The molecule has 1 heterocycles. The number of fused-ring (bicyclic) bond motifs is 1. The second kappa shape index (κ2) is 6.37. The van der Waals surface area contributed by atoms with Crippen molar-refractivity contribution in [3.63, 3.8) is 0 Å². The number of amides is 1. The Morgan fingerprint density at radius 2 is 1.96 bits per heavy atom. The fourth-order valence-electron chi connectivity index (χ4n) is 3.34. The van der Waals surface area contributed by atoms with Crippen LogP contribution >= 0.6 is 0 Å². The number of hydrogen-bond acceptors (Lipinski definition) is 3. The fraction of sp³-hybridized carbons (Fsp3) is 0.474. The summed E-state index contributed by atoms with van der Waals surface area (Å²) in [4.78, 5) is 28.0. The molecule has 7 heteroatoms. The van der Waals surface area contributed by atoms with Gasteiger partial charge in [0.05, 0.1) is 6.10 Å². The van der Waals surface area contributed by atoms with Crippen LogP contribution in [0.25, 0.3) is 10.9 Å². The highest BCUT2D eigenvalue weighted by Gasteiger charge is 2.66. The van der Waals surface area contributed by atoms with Crippen LogP contribution in [-0.4, -0.2) is 28.9 Å². The molecule has 1 aliphatic carbocycles. The van der Waals surface area contributed by atoms with E-state index in [0.717, 1.165) is 22.2 Å². The molecule has 0 aliphatic heterocycles. The van der Waals surface area contributed by atoms with Crippen LogP contribution in [0.5, 0.6) is 0 Å². The smallest absolute Gasteiger partial charge is 0.322 e. The van der Waals surface area contributed by atoms with Gasteiger partial charge in [0.25, 0.3) is 5.92 Å². The van der Waals surface area contributed by atoms with E-state index in [-0.39, 0.29) is 6.54 Å². The average molecular weight is 364 g/mol. The number of carbonyl (C=O) groups is 2. The van der Waals surface area contributed by atoms with Gasteiger partial charge in [-0.3, -0.25) is 9.59 Å². The Hall–Kier alpha value is -2.44. The van der Waals surface area contributed by atoms with Crippen LogP contribution < -0.4 is 5.32 Å². The molecule has 26 heavy (non-hydrogen) atoms. The van der Waals surface area contributed by atoms with Crippen molar-refractivity contribution in [1.29, 1.82) is 0 Å². The predicted molar refractivity (Wildman–Crippen MR) is 92.7 cm³/mol. The van der Waals surface area contributed by atoms with E-state index in [4.69, 9.17) is 4.74 Å². The van der Waals surface area contributed by atoms with Crippen molar-refractivity contribution < 1.29 is 23.1 Å². The van der Waals surface area contributed by atoms with Crippen LogP contribution in [0.4, 0.5) is 8.78 Å². The molecule has 5 nitrogen and oxygen atoms in total. The lowest BCUT2D eigenvalue weighted by atomic mass is 9.65. The van der Waals surface area contributed by atoms with Gasteiger partial charge >= 0.3 is 5.97 Å². The van der Waals surface area contributed by atoms with E-state index in [1.165, 1.54) is 0 Å². The largest absolute Gasteiger partial charge is 0.462 e. The molecular formula is C19H22F2N2O3. The van der Waals surface area contributed by atoms with Gasteiger partial charge in [0.15, 0.2) is 5.41 Å². The summed E-state index contributed by atoms with van der Waals surface area (Å²) in [6, 6.07) is 7.62.